The number of rotatable bonds is 8. The van der Waals surface area contributed by atoms with Gasteiger partial charge in [-0.1, -0.05) is 46.2 Å². The van der Waals surface area contributed by atoms with Gasteiger partial charge in [0.1, 0.15) is 31.1 Å². The van der Waals surface area contributed by atoms with Crippen LogP contribution in [0.5, 0.6) is 5.75 Å². The van der Waals surface area contributed by atoms with E-state index in [2.05, 4.69) is 20.3 Å². The van der Waals surface area contributed by atoms with Crippen molar-refractivity contribution >= 4 is 35.4 Å². The van der Waals surface area contributed by atoms with Gasteiger partial charge in [0.2, 0.25) is 5.79 Å². The first kappa shape index (κ1) is 22.8. The van der Waals surface area contributed by atoms with Gasteiger partial charge in [0.15, 0.2) is 17.7 Å². The van der Waals surface area contributed by atoms with Crippen LogP contribution in [0.2, 0.25) is 10.0 Å². The highest BCUT2D eigenvalue weighted by Crippen LogP contribution is 2.39. The molecule has 0 saturated carbocycles. The molecule has 0 bridgehead atoms. The lowest BCUT2D eigenvalue weighted by Gasteiger charge is -2.28. The van der Waals surface area contributed by atoms with Crippen molar-refractivity contribution in [1.82, 2.24) is 29.7 Å². The highest BCUT2D eigenvalue weighted by molar-refractivity contribution is 7.71. The van der Waals surface area contributed by atoms with Crippen molar-refractivity contribution < 1.29 is 19.0 Å². The topological polar surface area (TPSA) is 101 Å². The molecule has 0 spiro atoms. The molecule has 3 heterocycles. The van der Waals surface area contributed by atoms with Gasteiger partial charge in [-0.2, -0.15) is 5.10 Å². The molecule has 2 aromatic carbocycles. The number of aromatic nitrogens is 6. The number of ether oxygens (including phenoxy) is 3. The van der Waals surface area contributed by atoms with Gasteiger partial charge in [0.05, 0.1) is 17.3 Å². The monoisotopic (exact) mass is 520 g/mol. The first-order valence-electron chi connectivity index (χ1n) is 10.1. The van der Waals surface area contributed by atoms with E-state index in [4.69, 9.17) is 54.5 Å². The third-order valence-corrected chi connectivity index (χ3v) is 5.92. The van der Waals surface area contributed by atoms with E-state index in [1.807, 2.05) is 24.3 Å². The number of nitrogens with one attached hydrogen (secondary N) is 1. The Morgan fingerprint density at radius 3 is 2.85 bits per heavy atom. The van der Waals surface area contributed by atoms with Gasteiger partial charge in [-0.25, -0.2) is 4.98 Å². The Balaban J connectivity index is 1.35. The van der Waals surface area contributed by atoms with Gasteiger partial charge in [-0.3, -0.25) is 9.67 Å². The van der Waals surface area contributed by atoms with Crippen LogP contribution in [-0.4, -0.2) is 55.6 Å². The SMILES string of the molecule is S=c1[nH]ncn1-c1ccccc1OCC1COC(COn2cncn2)(c2ccc(Cl)cc2Cl)O1. The van der Waals surface area contributed by atoms with Gasteiger partial charge in [0, 0.05) is 10.6 Å². The smallest absolute Gasteiger partial charge is 0.235 e. The minimum atomic E-state index is -1.30. The fourth-order valence-electron chi connectivity index (χ4n) is 3.54. The van der Waals surface area contributed by atoms with E-state index >= 15 is 0 Å². The van der Waals surface area contributed by atoms with Crippen molar-refractivity contribution in [2.24, 2.45) is 0 Å². The maximum Gasteiger partial charge on any atom is 0.235 e. The number of halogens is 2. The number of benzene rings is 2. The molecule has 10 nitrogen and oxygen atoms in total. The summed E-state index contributed by atoms with van der Waals surface area (Å²) < 4.78 is 20.7. The average molecular weight is 521 g/mol. The van der Waals surface area contributed by atoms with E-state index in [0.29, 0.717) is 26.1 Å². The first-order chi connectivity index (χ1) is 16.5. The van der Waals surface area contributed by atoms with Gasteiger partial charge in [0.25, 0.3) is 0 Å². The molecule has 1 fully saturated rings. The van der Waals surface area contributed by atoms with Crippen molar-refractivity contribution in [3.63, 3.8) is 0 Å². The van der Waals surface area contributed by atoms with Crippen LogP contribution in [0.15, 0.2) is 61.4 Å². The van der Waals surface area contributed by atoms with Crippen LogP contribution in [0.4, 0.5) is 0 Å². The molecule has 0 aliphatic carbocycles. The lowest BCUT2D eigenvalue weighted by atomic mass is 10.1. The van der Waals surface area contributed by atoms with Gasteiger partial charge < -0.3 is 19.0 Å². The Kier molecular flexibility index (Phi) is 6.53. The normalized spacial score (nSPS) is 19.9. The molecule has 1 saturated heterocycles. The first-order valence-corrected chi connectivity index (χ1v) is 11.3. The number of nitrogens with zero attached hydrogens (tertiary/aromatic N) is 5. The van der Waals surface area contributed by atoms with E-state index < -0.39 is 11.9 Å². The molecule has 0 radical (unpaired) electrons. The second kappa shape index (κ2) is 9.72. The standard InChI is InChI=1S/C21H18Cl2N6O4S/c22-14-5-6-16(17(23)7-14)21(10-32-29-12-24-11-26-29)31-9-15(33-21)8-30-19-4-2-1-3-18(19)28-13-25-27-20(28)34/h1-7,11-13,15H,8-10H2,(H,27,34). The van der Waals surface area contributed by atoms with Crippen molar-refractivity contribution in [2.45, 2.75) is 11.9 Å². The second-order valence-corrected chi connectivity index (χ2v) is 8.54. The summed E-state index contributed by atoms with van der Waals surface area (Å²) in [7, 11) is 0. The van der Waals surface area contributed by atoms with Crippen LogP contribution < -0.4 is 9.57 Å². The minimum absolute atomic E-state index is 0.0328. The molecule has 1 aliphatic heterocycles. The summed E-state index contributed by atoms with van der Waals surface area (Å²) in [6.07, 6.45) is 3.95. The maximum atomic E-state index is 6.49. The summed E-state index contributed by atoms with van der Waals surface area (Å²) >= 11 is 17.9. The molecule has 1 N–H and O–H groups in total. The molecule has 176 valence electrons. The average Bonchev–Trinajstić information content (AvgIpc) is 3.58. The zero-order valence-corrected chi connectivity index (χ0v) is 19.8. The predicted molar refractivity (Wildman–Crippen MR) is 125 cm³/mol. The lowest BCUT2D eigenvalue weighted by molar-refractivity contribution is -0.215. The summed E-state index contributed by atoms with van der Waals surface area (Å²) in [6.45, 7) is 0.417. The largest absolute Gasteiger partial charge is 0.489 e. The molecule has 2 aromatic heterocycles. The fourth-order valence-corrected chi connectivity index (χ4v) is 4.29. The summed E-state index contributed by atoms with van der Waals surface area (Å²) in [5.41, 5.74) is 1.33. The van der Waals surface area contributed by atoms with Crippen LogP contribution in [0.25, 0.3) is 5.69 Å². The Hall–Kier alpha value is -2.96. The molecule has 2 atom stereocenters. The molecule has 1 aliphatic rings. The van der Waals surface area contributed by atoms with E-state index in [-0.39, 0.29) is 19.8 Å². The Morgan fingerprint density at radius 2 is 2.09 bits per heavy atom. The van der Waals surface area contributed by atoms with E-state index in [1.165, 1.54) is 17.5 Å². The van der Waals surface area contributed by atoms with Gasteiger partial charge in [-0.15, -0.1) is 5.10 Å². The van der Waals surface area contributed by atoms with Crippen molar-refractivity contribution in [3.8, 4) is 11.4 Å². The molecular weight excluding hydrogens is 503 g/mol. The van der Waals surface area contributed by atoms with Crippen LogP contribution in [0.3, 0.4) is 0 Å². The summed E-state index contributed by atoms with van der Waals surface area (Å²) in [4.78, 5) is 10.8. The van der Waals surface area contributed by atoms with Crippen LogP contribution in [0, 0.1) is 4.77 Å². The summed E-state index contributed by atoms with van der Waals surface area (Å²) in [5.74, 6) is -0.682. The molecule has 5 rings (SSSR count). The minimum Gasteiger partial charge on any atom is -0.489 e. The molecule has 13 heteroatoms. The van der Waals surface area contributed by atoms with Gasteiger partial charge in [-0.05, 0) is 36.5 Å². The highest BCUT2D eigenvalue weighted by Gasteiger charge is 2.46. The zero-order valence-electron chi connectivity index (χ0n) is 17.5. The lowest BCUT2D eigenvalue weighted by Crippen LogP contribution is -2.38. The third-order valence-electron chi connectivity index (χ3n) is 5.09. The number of H-pyrrole nitrogens is 1. The third kappa shape index (κ3) is 4.65. The molecule has 34 heavy (non-hydrogen) atoms. The number of hydrogen-bond donors (Lipinski definition) is 1. The van der Waals surface area contributed by atoms with Crippen molar-refractivity contribution in [2.75, 3.05) is 19.8 Å². The van der Waals surface area contributed by atoms with E-state index in [9.17, 15) is 0 Å². The quantitative estimate of drug-likeness (QED) is 0.351. The van der Waals surface area contributed by atoms with Crippen LogP contribution >= 0.6 is 35.4 Å². The fraction of sp³-hybridized carbons (Fsp3) is 0.238. The summed E-state index contributed by atoms with van der Waals surface area (Å²) in [6, 6.07) is 12.6. The molecule has 0 amide bonds. The maximum absolute atomic E-state index is 6.49. The summed E-state index contributed by atoms with van der Waals surface area (Å²) in [5, 5.41) is 11.5. The highest BCUT2D eigenvalue weighted by atomic mass is 35.5. The second-order valence-electron chi connectivity index (χ2n) is 7.31. The van der Waals surface area contributed by atoms with Crippen molar-refractivity contribution in [3.05, 3.63) is 81.8 Å². The van der Waals surface area contributed by atoms with Crippen molar-refractivity contribution in [1.29, 1.82) is 0 Å². The Morgan fingerprint density at radius 1 is 1.21 bits per heavy atom. The number of hydrogen-bond acceptors (Lipinski definition) is 8. The zero-order chi connectivity index (χ0) is 23.5. The van der Waals surface area contributed by atoms with E-state index in [0.717, 1.165) is 5.69 Å². The Labute approximate surface area is 208 Å². The molecular formula is C21H18Cl2N6O4S. The molecule has 2 unspecified atom stereocenters. The number of para-hydroxylation sites is 2. The van der Waals surface area contributed by atoms with Gasteiger partial charge >= 0.3 is 0 Å². The number of aromatic amines is 1. The molecule has 4 aromatic rings. The van der Waals surface area contributed by atoms with Crippen LogP contribution in [0.1, 0.15) is 5.56 Å². The van der Waals surface area contributed by atoms with E-state index in [1.54, 1.807) is 29.1 Å². The Bertz CT molecular complexity index is 1330. The van der Waals surface area contributed by atoms with Crippen LogP contribution in [-0.2, 0) is 15.3 Å². The predicted octanol–water partition coefficient (Wildman–Crippen LogP) is 3.60.